The van der Waals surface area contributed by atoms with E-state index >= 15 is 0 Å². The Hall–Kier alpha value is -0.220. The van der Waals surface area contributed by atoms with Crippen LogP contribution in [-0.4, -0.2) is 38.6 Å². The number of ether oxygens (including phenoxy) is 1. The molecule has 12 heavy (non-hydrogen) atoms. The number of alkyl halides is 2. The number of nitrogens with one attached hydrogen (secondary N) is 1. The van der Waals surface area contributed by atoms with Gasteiger partial charge in [0.1, 0.15) is 12.3 Å². The molecular formula is C8H17F2NO. The van der Waals surface area contributed by atoms with Gasteiger partial charge < -0.3 is 10.1 Å². The molecule has 0 aromatic rings. The maximum Gasteiger partial charge on any atom is 0.150 e. The molecule has 0 aromatic heterocycles. The van der Waals surface area contributed by atoms with E-state index in [0.29, 0.717) is 0 Å². The van der Waals surface area contributed by atoms with Gasteiger partial charge in [-0.1, -0.05) is 13.8 Å². The topological polar surface area (TPSA) is 21.3 Å². The van der Waals surface area contributed by atoms with Crippen molar-refractivity contribution in [3.05, 3.63) is 0 Å². The van der Waals surface area contributed by atoms with Gasteiger partial charge in [0.05, 0.1) is 12.6 Å². The summed E-state index contributed by atoms with van der Waals surface area (Å²) in [6.07, 6.45) is -2.76. The van der Waals surface area contributed by atoms with Crippen molar-refractivity contribution < 1.29 is 13.5 Å². The summed E-state index contributed by atoms with van der Waals surface area (Å²) >= 11 is 0. The lowest BCUT2D eigenvalue weighted by Crippen LogP contribution is -2.33. The van der Waals surface area contributed by atoms with Gasteiger partial charge in [0, 0.05) is 13.7 Å². The van der Waals surface area contributed by atoms with Crippen molar-refractivity contribution in [2.75, 3.05) is 20.3 Å². The van der Waals surface area contributed by atoms with E-state index in [1.165, 1.54) is 7.11 Å². The maximum absolute atomic E-state index is 12.7. The largest absolute Gasteiger partial charge is 0.383 e. The molecule has 0 bridgehead atoms. The van der Waals surface area contributed by atoms with E-state index in [9.17, 15) is 8.78 Å². The molecule has 1 aliphatic heterocycles. The van der Waals surface area contributed by atoms with Crippen LogP contribution in [0.2, 0.25) is 0 Å². The molecular weight excluding hydrogens is 164 g/mol. The molecule has 0 radical (unpaired) electrons. The van der Waals surface area contributed by atoms with Crippen molar-refractivity contribution in [2.24, 2.45) is 0 Å². The average molecular weight is 181 g/mol. The first-order valence-electron chi connectivity index (χ1n) is 4.26. The van der Waals surface area contributed by atoms with Crippen LogP contribution in [0.4, 0.5) is 8.78 Å². The van der Waals surface area contributed by atoms with Crippen LogP contribution >= 0.6 is 0 Å². The van der Waals surface area contributed by atoms with Gasteiger partial charge in [0.15, 0.2) is 0 Å². The normalized spacial score (nSPS) is 34.2. The van der Waals surface area contributed by atoms with E-state index in [4.69, 9.17) is 0 Å². The summed E-state index contributed by atoms with van der Waals surface area (Å²) in [5.74, 6) is 0. The van der Waals surface area contributed by atoms with Gasteiger partial charge in [-0.05, 0) is 0 Å². The van der Waals surface area contributed by atoms with Crippen molar-refractivity contribution >= 4 is 0 Å². The standard InChI is InChI=1S/C6H11F2NO.C2H6/c1-10-3-5-6(8)4(7)2-9-5;1-2/h4-6,9H,2-3H2,1H3;1-2H3. The van der Waals surface area contributed by atoms with Gasteiger partial charge in [-0.3, -0.25) is 0 Å². The van der Waals surface area contributed by atoms with Gasteiger partial charge in [0.2, 0.25) is 0 Å². The molecule has 1 rings (SSSR count). The summed E-state index contributed by atoms with van der Waals surface area (Å²) in [5, 5.41) is 2.68. The lowest BCUT2D eigenvalue weighted by Gasteiger charge is -2.10. The van der Waals surface area contributed by atoms with Crippen molar-refractivity contribution in [3.63, 3.8) is 0 Å². The quantitative estimate of drug-likeness (QED) is 0.693. The van der Waals surface area contributed by atoms with Crippen LogP contribution in [-0.2, 0) is 4.74 Å². The first kappa shape index (κ1) is 11.8. The molecule has 0 aromatic carbocycles. The lowest BCUT2D eigenvalue weighted by atomic mass is 10.2. The van der Waals surface area contributed by atoms with Gasteiger partial charge >= 0.3 is 0 Å². The summed E-state index contributed by atoms with van der Waals surface area (Å²) in [5.41, 5.74) is 0. The van der Waals surface area contributed by atoms with Crippen molar-refractivity contribution in [2.45, 2.75) is 32.2 Å². The van der Waals surface area contributed by atoms with Crippen LogP contribution in [0, 0.1) is 0 Å². The summed E-state index contributed by atoms with van der Waals surface area (Å²) in [6.45, 7) is 4.34. The molecule has 3 atom stereocenters. The third-order valence-electron chi connectivity index (χ3n) is 1.65. The van der Waals surface area contributed by atoms with E-state index in [1.54, 1.807) is 0 Å². The minimum Gasteiger partial charge on any atom is -0.383 e. The van der Waals surface area contributed by atoms with E-state index in [1.807, 2.05) is 13.8 Å². The summed E-state index contributed by atoms with van der Waals surface area (Å²) in [6, 6.07) is -0.458. The van der Waals surface area contributed by atoms with Gasteiger partial charge in [-0.2, -0.15) is 0 Å². The second-order valence-electron chi connectivity index (χ2n) is 2.43. The number of hydrogen-bond donors (Lipinski definition) is 1. The van der Waals surface area contributed by atoms with E-state index in [-0.39, 0.29) is 13.2 Å². The Morgan fingerprint density at radius 2 is 2.00 bits per heavy atom. The second kappa shape index (κ2) is 6.31. The smallest absolute Gasteiger partial charge is 0.150 e. The first-order valence-corrected chi connectivity index (χ1v) is 4.26. The highest BCUT2D eigenvalue weighted by atomic mass is 19.2. The molecule has 4 heteroatoms. The van der Waals surface area contributed by atoms with Crippen LogP contribution in [0.25, 0.3) is 0 Å². The number of halogens is 2. The monoisotopic (exact) mass is 181 g/mol. The SMILES string of the molecule is CC.COCC1NCC(F)C1F. The Morgan fingerprint density at radius 1 is 1.42 bits per heavy atom. The average Bonchev–Trinajstić information content (AvgIpc) is 2.41. The first-order chi connectivity index (χ1) is 5.75. The van der Waals surface area contributed by atoms with E-state index < -0.39 is 18.4 Å². The van der Waals surface area contributed by atoms with Crippen LogP contribution < -0.4 is 5.32 Å². The van der Waals surface area contributed by atoms with Gasteiger partial charge in [0.25, 0.3) is 0 Å². The lowest BCUT2D eigenvalue weighted by molar-refractivity contribution is 0.120. The van der Waals surface area contributed by atoms with Crippen molar-refractivity contribution in [1.29, 1.82) is 0 Å². The molecule has 1 heterocycles. The number of hydrogen-bond acceptors (Lipinski definition) is 2. The summed E-state index contributed by atoms with van der Waals surface area (Å²) < 4.78 is 29.7. The molecule has 0 spiro atoms. The van der Waals surface area contributed by atoms with Crippen molar-refractivity contribution in [3.8, 4) is 0 Å². The van der Waals surface area contributed by atoms with Gasteiger partial charge in [-0.25, -0.2) is 8.78 Å². The highest BCUT2D eigenvalue weighted by Gasteiger charge is 2.35. The summed E-state index contributed by atoms with van der Waals surface area (Å²) in [7, 11) is 1.47. The highest BCUT2D eigenvalue weighted by Crippen LogP contribution is 2.14. The predicted octanol–water partition coefficient (Wildman–Crippen LogP) is 1.31. The summed E-state index contributed by atoms with van der Waals surface area (Å²) in [4.78, 5) is 0. The second-order valence-corrected chi connectivity index (χ2v) is 2.43. The Morgan fingerprint density at radius 3 is 2.33 bits per heavy atom. The van der Waals surface area contributed by atoms with E-state index in [0.717, 1.165) is 0 Å². The van der Waals surface area contributed by atoms with Crippen LogP contribution in [0.3, 0.4) is 0 Å². The molecule has 1 N–H and O–H groups in total. The maximum atomic E-state index is 12.7. The Kier molecular flexibility index (Phi) is 6.20. The highest BCUT2D eigenvalue weighted by molar-refractivity contribution is 4.90. The predicted molar refractivity (Wildman–Crippen MR) is 44.8 cm³/mol. The molecule has 0 aliphatic carbocycles. The molecule has 3 unspecified atom stereocenters. The van der Waals surface area contributed by atoms with Crippen molar-refractivity contribution in [1.82, 2.24) is 5.32 Å². The van der Waals surface area contributed by atoms with Crippen LogP contribution in [0.5, 0.6) is 0 Å². The zero-order valence-corrected chi connectivity index (χ0v) is 7.81. The molecule has 74 valence electrons. The number of rotatable bonds is 2. The molecule has 1 aliphatic rings. The van der Waals surface area contributed by atoms with Crippen LogP contribution in [0.15, 0.2) is 0 Å². The molecule has 1 fully saturated rings. The zero-order valence-electron chi connectivity index (χ0n) is 7.81. The molecule has 0 amide bonds. The number of methoxy groups -OCH3 is 1. The molecule has 2 nitrogen and oxygen atoms in total. The fourth-order valence-corrected chi connectivity index (χ4v) is 1.07. The minimum atomic E-state index is -1.40. The van der Waals surface area contributed by atoms with Crippen LogP contribution in [0.1, 0.15) is 13.8 Å². The van der Waals surface area contributed by atoms with E-state index in [2.05, 4.69) is 10.1 Å². The fourth-order valence-electron chi connectivity index (χ4n) is 1.07. The third kappa shape index (κ3) is 3.03. The Bertz CT molecular complexity index is 111. The molecule has 0 saturated carbocycles. The zero-order chi connectivity index (χ0) is 9.56. The van der Waals surface area contributed by atoms with Gasteiger partial charge in [-0.15, -0.1) is 0 Å². The Balaban J connectivity index is 0.000000561. The Labute approximate surface area is 72.3 Å². The third-order valence-corrected chi connectivity index (χ3v) is 1.65. The fraction of sp³-hybridized carbons (Fsp3) is 1.00. The molecule has 1 saturated heterocycles. The minimum absolute atomic E-state index is 0.106.